The average molecular weight is 289 g/mol. The van der Waals surface area contributed by atoms with E-state index < -0.39 is 5.97 Å². The molecule has 1 rings (SSSR count). The average Bonchev–Trinajstić information content (AvgIpc) is 2.32. The van der Waals surface area contributed by atoms with Gasteiger partial charge in [-0.15, -0.1) is 0 Å². The molecule has 0 fully saturated rings. The van der Waals surface area contributed by atoms with Crippen LogP contribution in [0, 0.1) is 0 Å². The Morgan fingerprint density at radius 1 is 1.39 bits per heavy atom. The number of benzene rings is 1. The summed E-state index contributed by atoms with van der Waals surface area (Å²) in [6.45, 7) is 3.88. The zero-order valence-electron chi connectivity index (χ0n) is 10.2. The second-order valence-electron chi connectivity index (χ2n) is 3.37. The maximum Gasteiger partial charge on any atom is 0.354 e. The summed E-state index contributed by atoms with van der Waals surface area (Å²) in [5.41, 5.74) is 3.62. The van der Waals surface area contributed by atoms with Crippen LogP contribution in [-0.2, 0) is 9.53 Å². The number of anilines is 1. The van der Waals surface area contributed by atoms with Crippen LogP contribution in [0.5, 0.6) is 0 Å². The molecule has 0 saturated heterocycles. The number of esters is 1. The van der Waals surface area contributed by atoms with E-state index >= 15 is 0 Å². The van der Waals surface area contributed by atoms with E-state index in [9.17, 15) is 4.79 Å². The number of ether oxygens (including phenoxy) is 1. The number of hydrazone groups is 1. The number of hydrogen-bond donors (Lipinski definition) is 1. The monoisotopic (exact) mass is 288 g/mol. The Morgan fingerprint density at radius 3 is 2.67 bits per heavy atom. The maximum atomic E-state index is 11.5. The number of halogens is 2. The topological polar surface area (TPSA) is 50.7 Å². The van der Waals surface area contributed by atoms with Gasteiger partial charge in [-0.3, -0.25) is 5.43 Å². The fraction of sp³-hybridized carbons (Fsp3) is 0.333. The van der Waals surface area contributed by atoms with E-state index in [-0.39, 0.29) is 0 Å². The van der Waals surface area contributed by atoms with Gasteiger partial charge in [0.25, 0.3) is 0 Å². The first-order valence-corrected chi connectivity index (χ1v) is 6.28. The minimum absolute atomic E-state index is 0.308. The Bertz CT molecular complexity index is 461. The minimum atomic E-state index is -0.433. The molecule has 0 aromatic heterocycles. The van der Waals surface area contributed by atoms with Crippen molar-refractivity contribution >= 4 is 40.6 Å². The van der Waals surface area contributed by atoms with Crippen molar-refractivity contribution in [3.63, 3.8) is 0 Å². The van der Waals surface area contributed by atoms with Crippen molar-refractivity contribution in [3.8, 4) is 0 Å². The zero-order chi connectivity index (χ0) is 13.5. The first-order valence-electron chi connectivity index (χ1n) is 5.53. The van der Waals surface area contributed by atoms with Crippen molar-refractivity contribution in [2.24, 2.45) is 5.10 Å². The van der Waals surface area contributed by atoms with Crippen LogP contribution >= 0.6 is 23.2 Å². The van der Waals surface area contributed by atoms with Crippen LogP contribution in [-0.4, -0.2) is 18.3 Å². The number of carbonyl (C=O) groups is 1. The highest BCUT2D eigenvalue weighted by atomic mass is 35.5. The fourth-order valence-corrected chi connectivity index (χ4v) is 1.64. The van der Waals surface area contributed by atoms with E-state index in [1.807, 2.05) is 6.92 Å². The Hall–Kier alpha value is -1.26. The number of nitrogens with one attached hydrogen (secondary N) is 1. The van der Waals surface area contributed by atoms with Crippen molar-refractivity contribution in [2.45, 2.75) is 20.3 Å². The second kappa shape index (κ2) is 7.24. The SMILES string of the molecule is CCOC(=O)/C(CC)=N/Nc1ccc(Cl)cc1Cl. The van der Waals surface area contributed by atoms with Gasteiger partial charge in [0.05, 0.1) is 17.3 Å². The van der Waals surface area contributed by atoms with E-state index in [1.54, 1.807) is 25.1 Å². The Morgan fingerprint density at radius 2 is 2.11 bits per heavy atom. The van der Waals surface area contributed by atoms with E-state index in [2.05, 4.69) is 10.5 Å². The van der Waals surface area contributed by atoms with E-state index in [0.29, 0.717) is 34.5 Å². The lowest BCUT2D eigenvalue weighted by Crippen LogP contribution is -2.18. The van der Waals surface area contributed by atoms with Crippen LogP contribution in [0.1, 0.15) is 20.3 Å². The molecule has 1 aromatic carbocycles. The van der Waals surface area contributed by atoms with Crippen LogP contribution in [0.3, 0.4) is 0 Å². The molecule has 0 bridgehead atoms. The van der Waals surface area contributed by atoms with Gasteiger partial charge in [-0.25, -0.2) is 4.79 Å². The van der Waals surface area contributed by atoms with Gasteiger partial charge in [0, 0.05) is 5.02 Å². The second-order valence-corrected chi connectivity index (χ2v) is 4.21. The largest absolute Gasteiger partial charge is 0.461 e. The first kappa shape index (κ1) is 14.8. The van der Waals surface area contributed by atoms with Crippen LogP contribution in [0.2, 0.25) is 10.0 Å². The molecule has 18 heavy (non-hydrogen) atoms. The molecule has 0 atom stereocenters. The van der Waals surface area contributed by atoms with Crippen molar-refractivity contribution < 1.29 is 9.53 Å². The quantitative estimate of drug-likeness (QED) is 0.510. The molecule has 0 aliphatic heterocycles. The third-order valence-electron chi connectivity index (χ3n) is 2.09. The summed E-state index contributed by atoms with van der Waals surface area (Å²) < 4.78 is 4.87. The highest BCUT2D eigenvalue weighted by molar-refractivity contribution is 6.37. The smallest absolute Gasteiger partial charge is 0.354 e. The Kier molecular flexibility index (Phi) is 5.95. The van der Waals surface area contributed by atoms with E-state index in [0.717, 1.165) is 0 Å². The highest BCUT2D eigenvalue weighted by Gasteiger charge is 2.10. The predicted octanol–water partition coefficient (Wildman–Crippen LogP) is 3.73. The summed E-state index contributed by atoms with van der Waals surface area (Å²) in [6.07, 6.45) is 0.469. The Balaban J connectivity index is 2.79. The molecule has 0 aliphatic carbocycles. The Labute approximate surface area is 116 Å². The summed E-state index contributed by atoms with van der Waals surface area (Å²) in [6, 6.07) is 4.96. The predicted molar refractivity (Wildman–Crippen MR) is 74.4 cm³/mol. The maximum absolute atomic E-state index is 11.5. The molecule has 0 spiro atoms. The van der Waals surface area contributed by atoms with Crippen LogP contribution in [0.4, 0.5) is 5.69 Å². The van der Waals surface area contributed by atoms with E-state index in [1.165, 1.54) is 0 Å². The molecule has 6 heteroatoms. The van der Waals surface area contributed by atoms with Crippen LogP contribution in [0.25, 0.3) is 0 Å². The van der Waals surface area contributed by atoms with Crippen LogP contribution in [0.15, 0.2) is 23.3 Å². The van der Waals surface area contributed by atoms with Gasteiger partial charge in [0.2, 0.25) is 0 Å². The van der Waals surface area contributed by atoms with Gasteiger partial charge < -0.3 is 4.74 Å². The molecule has 1 aromatic rings. The van der Waals surface area contributed by atoms with Gasteiger partial charge in [0.1, 0.15) is 5.71 Å². The molecule has 0 amide bonds. The minimum Gasteiger partial charge on any atom is -0.461 e. The number of hydrogen-bond acceptors (Lipinski definition) is 4. The lowest BCUT2D eigenvalue weighted by molar-refractivity contribution is -0.135. The standard InChI is InChI=1S/C12H14Cl2N2O2/c1-3-10(12(17)18-4-2)15-16-11-6-5-8(13)7-9(11)14/h5-7,16H,3-4H2,1-2H3/b15-10+. The third kappa shape index (κ3) is 4.20. The summed E-state index contributed by atoms with van der Waals surface area (Å²) in [7, 11) is 0. The normalized spacial score (nSPS) is 11.2. The summed E-state index contributed by atoms with van der Waals surface area (Å²) in [4.78, 5) is 11.5. The van der Waals surface area contributed by atoms with Crippen molar-refractivity contribution in [2.75, 3.05) is 12.0 Å². The van der Waals surface area contributed by atoms with Crippen molar-refractivity contribution in [1.82, 2.24) is 0 Å². The number of carbonyl (C=O) groups excluding carboxylic acids is 1. The number of nitrogens with zero attached hydrogens (tertiary/aromatic N) is 1. The molecular formula is C12H14Cl2N2O2. The molecule has 4 nitrogen and oxygen atoms in total. The molecule has 98 valence electrons. The molecule has 1 N–H and O–H groups in total. The molecule has 0 radical (unpaired) electrons. The lowest BCUT2D eigenvalue weighted by Gasteiger charge is -2.06. The third-order valence-corrected chi connectivity index (χ3v) is 2.64. The molecule has 0 unspecified atom stereocenters. The van der Waals surface area contributed by atoms with Crippen LogP contribution < -0.4 is 5.43 Å². The highest BCUT2D eigenvalue weighted by Crippen LogP contribution is 2.25. The van der Waals surface area contributed by atoms with E-state index in [4.69, 9.17) is 27.9 Å². The van der Waals surface area contributed by atoms with Gasteiger partial charge in [0.15, 0.2) is 0 Å². The fourth-order valence-electron chi connectivity index (χ4n) is 1.19. The molecule has 0 saturated carbocycles. The van der Waals surface area contributed by atoms with Gasteiger partial charge >= 0.3 is 5.97 Å². The van der Waals surface area contributed by atoms with Gasteiger partial charge in [-0.05, 0) is 31.5 Å². The molecule has 0 aliphatic rings. The summed E-state index contributed by atoms with van der Waals surface area (Å²) >= 11 is 11.7. The first-order chi connectivity index (χ1) is 8.58. The zero-order valence-corrected chi connectivity index (χ0v) is 11.7. The van der Waals surface area contributed by atoms with Crippen molar-refractivity contribution in [3.05, 3.63) is 28.2 Å². The van der Waals surface area contributed by atoms with Crippen molar-refractivity contribution in [1.29, 1.82) is 0 Å². The van der Waals surface area contributed by atoms with Gasteiger partial charge in [-0.2, -0.15) is 5.10 Å². The molecule has 0 heterocycles. The number of rotatable bonds is 5. The van der Waals surface area contributed by atoms with Gasteiger partial charge in [-0.1, -0.05) is 30.1 Å². The molecular weight excluding hydrogens is 275 g/mol. The lowest BCUT2D eigenvalue weighted by atomic mass is 10.3. The summed E-state index contributed by atoms with van der Waals surface area (Å²) in [5, 5.41) is 4.96. The summed E-state index contributed by atoms with van der Waals surface area (Å²) in [5.74, 6) is -0.433.